The van der Waals surface area contributed by atoms with E-state index in [1.165, 1.54) is 0 Å². The number of aryl methyl sites for hydroxylation is 1. The lowest BCUT2D eigenvalue weighted by atomic mass is 10.0. The van der Waals surface area contributed by atoms with Gasteiger partial charge >= 0.3 is 0 Å². The average molecular weight is 372 g/mol. The van der Waals surface area contributed by atoms with Crippen LogP contribution in [-0.2, 0) is 0 Å². The highest BCUT2D eigenvalue weighted by atomic mass is 16.5. The number of nitrogens with zero attached hydrogens (tertiary/aromatic N) is 3. The number of anilines is 2. The van der Waals surface area contributed by atoms with Gasteiger partial charge in [0.1, 0.15) is 0 Å². The van der Waals surface area contributed by atoms with E-state index < -0.39 is 0 Å². The smallest absolute Gasteiger partial charge is 0.259 e. The van der Waals surface area contributed by atoms with Gasteiger partial charge in [-0.15, -0.1) is 0 Å². The van der Waals surface area contributed by atoms with Crippen LogP contribution >= 0.6 is 0 Å². The van der Waals surface area contributed by atoms with Crippen molar-refractivity contribution in [1.82, 2.24) is 10.1 Å². The summed E-state index contributed by atoms with van der Waals surface area (Å²) in [7, 11) is 3.88. The largest absolute Gasteiger partial charge is 0.376 e. The first-order chi connectivity index (χ1) is 13.5. The molecule has 4 aromatic rings. The Morgan fingerprint density at radius 1 is 1.04 bits per heavy atom. The van der Waals surface area contributed by atoms with E-state index in [9.17, 15) is 4.79 Å². The van der Waals surface area contributed by atoms with Gasteiger partial charge in [0, 0.05) is 19.7 Å². The predicted octanol–water partition coefficient (Wildman–Crippen LogP) is 4.52. The van der Waals surface area contributed by atoms with Gasteiger partial charge < -0.3 is 14.7 Å². The van der Waals surface area contributed by atoms with E-state index in [-0.39, 0.29) is 5.91 Å². The third kappa shape index (κ3) is 3.20. The van der Waals surface area contributed by atoms with Crippen molar-refractivity contribution in [2.45, 2.75) is 6.92 Å². The van der Waals surface area contributed by atoms with Crippen LogP contribution in [0.3, 0.4) is 0 Å². The number of carbonyl (C=O) groups excluding carboxylic acids is 1. The van der Waals surface area contributed by atoms with E-state index in [0.29, 0.717) is 28.1 Å². The average Bonchev–Trinajstić information content (AvgIpc) is 3.09. The molecule has 1 amide bonds. The fraction of sp³-hybridized carbons (Fsp3) is 0.136. The standard InChI is InChI=1S/C22H20N4O2/c1-14-20-16(21(27)23-17-11-7-8-12-19(17)26(2)3)13-18(24-22(20)28-25-14)15-9-5-4-6-10-15/h4-13H,1-3H3,(H,23,27). The van der Waals surface area contributed by atoms with Crippen LogP contribution in [0.4, 0.5) is 11.4 Å². The van der Waals surface area contributed by atoms with Crippen molar-refractivity contribution < 1.29 is 9.32 Å². The molecule has 0 fully saturated rings. The number of rotatable bonds is 4. The van der Waals surface area contributed by atoms with Gasteiger partial charge in [0.2, 0.25) is 0 Å². The van der Waals surface area contributed by atoms with Crippen molar-refractivity contribution in [3.63, 3.8) is 0 Å². The van der Waals surface area contributed by atoms with Crippen molar-refractivity contribution >= 4 is 28.4 Å². The van der Waals surface area contributed by atoms with Crippen molar-refractivity contribution in [1.29, 1.82) is 0 Å². The molecule has 4 rings (SSSR count). The highest BCUT2D eigenvalue weighted by Crippen LogP contribution is 2.29. The van der Waals surface area contributed by atoms with E-state index in [0.717, 1.165) is 16.9 Å². The highest BCUT2D eigenvalue weighted by molar-refractivity contribution is 6.13. The zero-order valence-electron chi connectivity index (χ0n) is 15.9. The Balaban J connectivity index is 1.81. The Hall–Kier alpha value is -3.67. The van der Waals surface area contributed by atoms with Gasteiger partial charge in [-0.3, -0.25) is 4.79 Å². The molecule has 0 aliphatic carbocycles. The second kappa shape index (κ2) is 7.15. The van der Waals surface area contributed by atoms with Crippen molar-refractivity contribution in [3.8, 4) is 11.3 Å². The third-order valence-electron chi connectivity index (χ3n) is 4.57. The van der Waals surface area contributed by atoms with Crippen LogP contribution < -0.4 is 10.2 Å². The number of aromatic nitrogens is 2. The summed E-state index contributed by atoms with van der Waals surface area (Å²) in [5.41, 5.74) is 4.69. The zero-order valence-corrected chi connectivity index (χ0v) is 15.9. The summed E-state index contributed by atoms with van der Waals surface area (Å²) in [6, 6.07) is 19.1. The summed E-state index contributed by atoms with van der Waals surface area (Å²) in [4.78, 5) is 19.7. The number of carbonyl (C=O) groups is 1. The van der Waals surface area contributed by atoms with Crippen LogP contribution in [0.5, 0.6) is 0 Å². The van der Waals surface area contributed by atoms with Crippen molar-refractivity contribution in [3.05, 3.63) is 71.9 Å². The zero-order chi connectivity index (χ0) is 19.7. The highest BCUT2D eigenvalue weighted by Gasteiger charge is 2.20. The molecular weight excluding hydrogens is 352 g/mol. The fourth-order valence-electron chi connectivity index (χ4n) is 3.19. The number of fused-ring (bicyclic) bond motifs is 1. The van der Waals surface area contributed by atoms with Gasteiger partial charge in [-0.05, 0) is 25.1 Å². The van der Waals surface area contributed by atoms with Crippen LogP contribution in [0, 0.1) is 6.92 Å². The minimum Gasteiger partial charge on any atom is -0.376 e. The molecule has 2 heterocycles. The lowest BCUT2D eigenvalue weighted by Crippen LogP contribution is -2.17. The summed E-state index contributed by atoms with van der Waals surface area (Å²) in [5, 5.41) is 7.64. The molecule has 140 valence electrons. The lowest BCUT2D eigenvalue weighted by Gasteiger charge is -2.18. The molecule has 6 heteroatoms. The number of nitrogens with one attached hydrogen (secondary N) is 1. The molecule has 1 N–H and O–H groups in total. The quantitative estimate of drug-likeness (QED) is 0.570. The maximum absolute atomic E-state index is 13.2. The molecule has 2 aromatic heterocycles. The van der Waals surface area contributed by atoms with Crippen LogP contribution in [-0.4, -0.2) is 30.1 Å². The molecule has 0 aliphatic heterocycles. The topological polar surface area (TPSA) is 71.3 Å². The Morgan fingerprint density at radius 2 is 1.75 bits per heavy atom. The molecule has 0 radical (unpaired) electrons. The first-order valence-corrected chi connectivity index (χ1v) is 8.95. The summed E-state index contributed by atoms with van der Waals surface area (Å²) in [6.45, 7) is 1.81. The summed E-state index contributed by atoms with van der Waals surface area (Å²) in [5.74, 6) is -0.231. The van der Waals surface area contributed by atoms with E-state index >= 15 is 0 Å². The van der Waals surface area contributed by atoms with E-state index in [2.05, 4.69) is 15.5 Å². The van der Waals surface area contributed by atoms with Gasteiger partial charge in [0.05, 0.1) is 33.7 Å². The molecule has 28 heavy (non-hydrogen) atoms. The number of pyridine rings is 1. The number of benzene rings is 2. The first-order valence-electron chi connectivity index (χ1n) is 8.95. The first kappa shape index (κ1) is 17.7. The van der Waals surface area contributed by atoms with Gasteiger partial charge in [-0.2, -0.15) is 0 Å². The third-order valence-corrected chi connectivity index (χ3v) is 4.57. The summed E-state index contributed by atoms with van der Waals surface area (Å²) in [6.07, 6.45) is 0. The van der Waals surface area contributed by atoms with E-state index in [1.807, 2.05) is 73.6 Å². The molecule has 0 unspecified atom stereocenters. The van der Waals surface area contributed by atoms with Gasteiger partial charge in [0.15, 0.2) is 0 Å². The summed E-state index contributed by atoms with van der Waals surface area (Å²) >= 11 is 0. The number of amides is 1. The van der Waals surface area contributed by atoms with Crippen LogP contribution in [0.2, 0.25) is 0 Å². The maximum atomic E-state index is 13.2. The van der Waals surface area contributed by atoms with Crippen molar-refractivity contribution in [2.24, 2.45) is 0 Å². The second-order valence-electron chi connectivity index (χ2n) is 6.73. The van der Waals surface area contributed by atoms with Crippen molar-refractivity contribution in [2.75, 3.05) is 24.3 Å². The maximum Gasteiger partial charge on any atom is 0.259 e. The van der Waals surface area contributed by atoms with Gasteiger partial charge in [-0.1, -0.05) is 47.6 Å². The van der Waals surface area contributed by atoms with Crippen LogP contribution in [0.25, 0.3) is 22.4 Å². The Labute approximate surface area is 162 Å². The molecule has 2 aromatic carbocycles. The van der Waals surface area contributed by atoms with E-state index in [4.69, 9.17) is 4.52 Å². The van der Waals surface area contributed by atoms with Crippen LogP contribution in [0.15, 0.2) is 65.2 Å². The fourth-order valence-corrected chi connectivity index (χ4v) is 3.19. The molecule has 0 bridgehead atoms. The minimum absolute atomic E-state index is 0.231. The second-order valence-corrected chi connectivity index (χ2v) is 6.73. The SMILES string of the molecule is Cc1noc2nc(-c3ccccc3)cc(C(=O)Nc3ccccc3N(C)C)c12. The minimum atomic E-state index is -0.231. The molecular formula is C22H20N4O2. The normalized spacial score (nSPS) is 10.8. The number of hydrogen-bond donors (Lipinski definition) is 1. The van der Waals surface area contributed by atoms with E-state index in [1.54, 1.807) is 13.0 Å². The number of para-hydroxylation sites is 2. The van der Waals surface area contributed by atoms with Crippen LogP contribution in [0.1, 0.15) is 16.1 Å². The summed E-state index contributed by atoms with van der Waals surface area (Å²) < 4.78 is 5.36. The lowest BCUT2D eigenvalue weighted by molar-refractivity contribution is 0.102. The molecule has 0 aliphatic rings. The van der Waals surface area contributed by atoms with Gasteiger partial charge in [-0.25, -0.2) is 4.98 Å². The molecule has 6 nitrogen and oxygen atoms in total. The predicted molar refractivity (Wildman–Crippen MR) is 111 cm³/mol. The molecule has 0 saturated carbocycles. The Morgan fingerprint density at radius 3 is 2.50 bits per heavy atom. The monoisotopic (exact) mass is 372 g/mol. The Kier molecular flexibility index (Phi) is 4.53. The molecule has 0 spiro atoms. The van der Waals surface area contributed by atoms with Gasteiger partial charge in [0.25, 0.3) is 11.6 Å². The number of hydrogen-bond acceptors (Lipinski definition) is 5. The Bertz CT molecular complexity index is 1150. The molecule has 0 saturated heterocycles. The molecule has 0 atom stereocenters.